The lowest BCUT2D eigenvalue weighted by atomic mass is 10.1. The number of amides is 1. The predicted octanol–water partition coefficient (Wildman–Crippen LogP) is -0.0703. The molecule has 0 aliphatic heterocycles. The first-order chi connectivity index (χ1) is 8.13. The van der Waals surface area contributed by atoms with Crippen LogP contribution >= 0.6 is 12.6 Å². The zero-order chi connectivity index (χ0) is 12.7. The van der Waals surface area contributed by atoms with E-state index in [1.54, 1.807) is 0 Å². The van der Waals surface area contributed by atoms with E-state index in [0.717, 1.165) is 12.0 Å². The van der Waals surface area contributed by atoms with E-state index in [1.165, 1.54) is 0 Å². The van der Waals surface area contributed by atoms with Gasteiger partial charge in [-0.25, -0.2) is 0 Å². The van der Waals surface area contributed by atoms with Gasteiger partial charge in [-0.2, -0.15) is 12.6 Å². The molecular formula is C12H19N3OS. The first-order valence-electron chi connectivity index (χ1n) is 5.57. The molecule has 5 heteroatoms. The Bertz CT molecular complexity index is 345. The highest BCUT2D eigenvalue weighted by Crippen LogP contribution is 2.01. The Hall–Kier alpha value is -1.04. The van der Waals surface area contributed by atoms with Gasteiger partial charge in [0.1, 0.15) is 0 Å². The van der Waals surface area contributed by atoms with E-state index in [4.69, 9.17) is 11.5 Å². The molecule has 0 heterocycles. The quantitative estimate of drug-likeness (QED) is 0.536. The largest absolute Gasteiger partial charge is 0.353 e. The summed E-state index contributed by atoms with van der Waals surface area (Å²) < 4.78 is 0. The van der Waals surface area contributed by atoms with Crippen molar-refractivity contribution >= 4 is 18.5 Å². The van der Waals surface area contributed by atoms with Crippen LogP contribution in [0.15, 0.2) is 30.3 Å². The minimum Gasteiger partial charge on any atom is -0.353 e. The van der Waals surface area contributed by atoms with Gasteiger partial charge in [0.05, 0.1) is 6.04 Å². The van der Waals surface area contributed by atoms with Gasteiger partial charge in [-0.3, -0.25) is 4.79 Å². The number of nitrogens with two attached hydrogens (primary N) is 2. The minimum absolute atomic E-state index is 0.103. The van der Waals surface area contributed by atoms with Crippen LogP contribution in [0.3, 0.4) is 0 Å². The second kappa shape index (κ2) is 7.32. The van der Waals surface area contributed by atoms with Crippen LogP contribution in [-0.4, -0.2) is 30.3 Å². The molecule has 17 heavy (non-hydrogen) atoms. The summed E-state index contributed by atoms with van der Waals surface area (Å²) >= 11 is 3.96. The molecular weight excluding hydrogens is 234 g/mol. The lowest BCUT2D eigenvalue weighted by Gasteiger charge is -2.14. The lowest BCUT2D eigenvalue weighted by molar-refractivity contribution is -0.121. The minimum atomic E-state index is -0.567. The summed E-state index contributed by atoms with van der Waals surface area (Å²) in [6, 6.07) is 9.26. The molecule has 0 saturated carbocycles. The summed E-state index contributed by atoms with van der Waals surface area (Å²) in [7, 11) is 0. The number of thiol groups is 1. The van der Waals surface area contributed by atoms with Crippen LogP contribution < -0.4 is 16.8 Å². The standard InChI is InChI=1S/C12H19N3OS/c13-10(6-9-4-2-1-3-5-9)7-15-12(16)11(14)8-17/h1-5,10-11,17H,6-8,13-14H2,(H,15,16)/t10-,11-/m1/s1. The number of nitrogens with one attached hydrogen (secondary N) is 1. The molecule has 5 N–H and O–H groups in total. The van der Waals surface area contributed by atoms with E-state index < -0.39 is 6.04 Å². The zero-order valence-electron chi connectivity index (χ0n) is 9.67. The molecule has 0 aliphatic rings. The third-order valence-electron chi connectivity index (χ3n) is 2.41. The fraction of sp³-hybridized carbons (Fsp3) is 0.417. The van der Waals surface area contributed by atoms with Gasteiger partial charge in [0.2, 0.25) is 5.91 Å². The molecule has 1 aromatic rings. The Labute approximate surface area is 107 Å². The molecule has 0 spiro atoms. The third kappa shape index (κ3) is 5.21. The molecule has 0 fully saturated rings. The number of rotatable bonds is 6. The maximum absolute atomic E-state index is 11.4. The average molecular weight is 253 g/mol. The zero-order valence-corrected chi connectivity index (χ0v) is 10.6. The van der Waals surface area contributed by atoms with Crippen molar-refractivity contribution in [3.63, 3.8) is 0 Å². The maximum Gasteiger partial charge on any atom is 0.237 e. The van der Waals surface area contributed by atoms with Gasteiger partial charge >= 0.3 is 0 Å². The highest BCUT2D eigenvalue weighted by molar-refractivity contribution is 7.80. The van der Waals surface area contributed by atoms with Crippen molar-refractivity contribution < 1.29 is 4.79 Å². The highest BCUT2D eigenvalue weighted by Gasteiger charge is 2.12. The highest BCUT2D eigenvalue weighted by atomic mass is 32.1. The Kier molecular flexibility index (Phi) is 6.04. The molecule has 0 aromatic heterocycles. The smallest absolute Gasteiger partial charge is 0.237 e. The van der Waals surface area contributed by atoms with E-state index in [0.29, 0.717) is 12.3 Å². The van der Waals surface area contributed by atoms with Crippen molar-refractivity contribution in [2.45, 2.75) is 18.5 Å². The van der Waals surface area contributed by atoms with Crippen molar-refractivity contribution in [1.82, 2.24) is 5.32 Å². The first kappa shape index (κ1) is 14.0. The van der Waals surface area contributed by atoms with Gasteiger partial charge in [0.15, 0.2) is 0 Å². The Morgan fingerprint density at radius 3 is 2.53 bits per heavy atom. The number of carbonyl (C=O) groups is 1. The fourth-order valence-corrected chi connectivity index (χ4v) is 1.60. The van der Waals surface area contributed by atoms with E-state index >= 15 is 0 Å². The number of hydrogen-bond donors (Lipinski definition) is 4. The Balaban J connectivity index is 2.31. The number of hydrogen-bond acceptors (Lipinski definition) is 4. The second-order valence-electron chi connectivity index (χ2n) is 3.98. The van der Waals surface area contributed by atoms with Crippen LogP contribution in [0.2, 0.25) is 0 Å². The van der Waals surface area contributed by atoms with Crippen LogP contribution in [0, 0.1) is 0 Å². The molecule has 0 aliphatic carbocycles. The molecule has 2 atom stereocenters. The van der Waals surface area contributed by atoms with E-state index in [1.807, 2.05) is 30.3 Å². The first-order valence-corrected chi connectivity index (χ1v) is 6.20. The normalized spacial score (nSPS) is 14.1. The summed E-state index contributed by atoms with van der Waals surface area (Å²) in [6.45, 7) is 0.426. The second-order valence-corrected chi connectivity index (χ2v) is 4.35. The Morgan fingerprint density at radius 2 is 1.94 bits per heavy atom. The maximum atomic E-state index is 11.4. The van der Waals surface area contributed by atoms with Gasteiger partial charge in [-0.15, -0.1) is 0 Å². The summed E-state index contributed by atoms with van der Waals surface area (Å²) in [5.74, 6) is 0.128. The molecule has 1 amide bonds. The van der Waals surface area contributed by atoms with Crippen molar-refractivity contribution in [2.75, 3.05) is 12.3 Å². The van der Waals surface area contributed by atoms with Crippen LogP contribution in [0.5, 0.6) is 0 Å². The van der Waals surface area contributed by atoms with Gasteiger partial charge in [0.25, 0.3) is 0 Å². The molecule has 1 rings (SSSR count). The number of benzene rings is 1. The Morgan fingerprint density at radius 1 is 1.29 bits per heavy atom. The van der Waals surface area contributed by atoms with Crippen LogP contribution in [0.1, 0.15) is 5.56 Å². The fourth-order valence-electron chi connectivity index (χ4n) is 1.43. The van der Waals surface area contributed by atoms with Gasteiger partial charge in [0, 0.05) is 18.3 Å². The SMILES string of the molecule is N[C@@H](CNC(=O)[C@H](N)CS)Cc1ccccc1. The van der Waals surface area contributed by atoms with Crippen molar-refractivity contribution in [3.8, 4) is 0 Å². The average Bonchev–Trinajstić information content (AvgIpc) is 2.36. The van der Waals surface area contributed by atoms with Crippen molar-refractivity contribution in [3.05, 3.63) is 35.9 Å². The van der Waals surface area contributed by atoms with Crippen molar-refractivity contribution in [2.24, 2.45) is 11.5 Å². The van der Waals surface area contributed by atoms with E-state index in [9.17, 15) is 4.79 Å². The lowest BCUT2D eigenvalue weighted by Crippen LogP contribution is -2.46. The van der Waals surface area contributed by atoms with Gasteiger partial charge in [-0.05, 0) is 12.0 Å². The van der Waals surface area contributed by atoms with E-state index in [2.05, 4.69) is 17.9 Å². The van der Waals surface area contributed by atoms with Gasteiger partial charge < -0.3 is 16.8 Å². The van der Waals surface area contributed by atoms with Gasteiger partial charge in [-0.1, -0.05) is 30.3 Å². The van der Waals surface area contributed by atoms with Crippen molar-refractivity contribution in [1.29, 1.82) is 0 Å². The summed E-state index contributed by atoms with van der Waals surface area (Å²) in [5.41, 5.74) is 12.6. The summed E-state index contributed by atoms with van der Waals surface area (Å²) in [4.78, 5) is 11.4. The monoisotopic (exact) mass is 253 g/mol. The third-order valence-corrected chi connectivity index (χ3v) is 2.81. The predicted molar refractivity (Wildman–Crippen MR) is 73.0 cm³/mol. The van der Waals surface area contributed by atoms with E-state index in [-0.39, 0.29) is 11.9 Å². The molecule has 0 unspecified atom stereocenters. The van der Waals surface area contributed by atoms with Crippen LogP contribution in [0.4, 0.5) is 0 Å². The molecule has 1 aromatic carbocycles. The summed E-state index contributed by atoms with van der Waals surface area (Å²) in [6.07, 6.45) is 0.733. The molecule has 94 valence electrons. The topological polar surface area (TPSA) is 81.1 Å². The number of carbonyl (C=O) groups excluding carboxylic acids is 1. The molecule has 0 saturated heterocycles. The van der Waals surface area contributed by atoms with Crippen LogP contribution in [-0.2, 0) is 11.2 Å². The summed E-state index contributed by atoms with van der Waals surface area (Å²) in [5, 5.41) is 2.72. The molecule has 0 bridgehead atoms. The van der Waals surface area contributed by atoms with Crippen LogP contribution in [0.25, 0.3) is 0 Å². The molecule has 0 radical (unpaired) electrons. The molecule has 4 nitrogen and oxygen atoms in total.